The molecule has 2 atom stereocenters. The summed E-state index contributed by atoms with van der Waals surface area (Å²) >= 11 is 0. The van der Waals surface area contributed by atoms with Gasteiger partial charge in [-0.05, 0) is 6.92 Å². The molecule has 0 aromatic carbocycles. The maximum absolute atomic E-state index is 11.4. The highest BCUT2D eigenvalue weighted by molar-refractivity contribution is 5.78. The van der Waals surface area contributed by atoms with Gasteiger partial charge in [0, 0.05) is 20.1 Å². The molecule has 0 aromatic heterocycles. The molecule has 4 nitrogen and oxygen atoms in total. The Kier molecular flexibility index (Phi) is 2.93. The molecule has 1 aliphatic rings. The number of esters is 1. The Hall–Kier alpha value is -0.610. The predicted molar refractivity (Wildman–Crippen MR) is 46.0 cm³/mol. The van der Waals surface area contributed by atoms with Crippen LogP contribution in [0.5, 0.6) is 0 Å². The number of methoxy groups -OCH3 is 2. The SMILES string of the molecule is CCOC(=O)[C@@H]1[C@@H](C)C1(OC)OC. The molecule has 4 heteroatoms. The summed E-state index contributed by atoms with van der Waals surface area (Å²) in [5.74, 6) is -1.19. The largest absolute Gasteiger partial charge is 0.466 e. The molecule has 1 fully saturated rings. The van der Waals surface area contributed by atoms with Crippen molar-refractivity contribution >= 4 is 5.97 Å². The zero-order valence-electron chi connectivity index (χ0n) is 8.49. The van der Waals surface area contributed by atoms with Crippen molar-refractivity contribution in [1.82, 2.24) is 0 Å². The summed E-state index contributed by atoms with van der Waals surface area (Å²) in [4.78, 5) is 11.4. The van der Waals surface area contributed by atoms with Gasteiger partial charge in [0.2, 0.25) is 0 Å². The third-order valence-electron chi connectivity index (χ3n) is 2.64. The minimum absolute atomic E-state index is 0.0709. The lowest BCUT2D eigenvalue weighted by atomic mass is 10.3. The van der Waals surface area contributed by atoms with Crippen LogP contribution in [0.25, 0.3) is 0 Å². The molecule has 0 aromatic rings. The molecule has 1 aliphatic carbocycles. The van der Waals surface area contributed by atoms with E-state index in [0.717, 1.165) is 0 Å². The van der Waals surface area contributed by atoms with Crippen LogP contribution in [0.3, 0.4) is 0 Å². The van der Waals surface area contributed by atoms with Crippen molar-refractivity contribution in [1.29, 1.82) is 0 Å². The highest BCUT2D eigenvalue weighted by atomic mass is 16.7. The topological polar surface area (TPSA) is 44.8 Å². The Morgan fingerprint density at radius 3 is 2.23 bits per heavy atom. The molecule has 0 aliphatic heterocycles. The molecule has 0 heterocycles. The van der Waals surface area contributed by atoms with Crippen LogP contribution in [0.2, 0.25) is 0 Å². The molecule has 0 amide bonds. The first-order chi connectivity index (χ1) is 6.14. The van der Waals surface area contributed by atoms with Gasteiger partial charge in [-0.1, -0.05) is 6.92 Å². The van der Waals surface area contributed by atoms with E-state index in [0.29, 0.717) is 6.61 Å². The van der Waals surface area contributed by atoms with E-state index in [1.807, 2.05) is 6.92 Å². The smallest absolute Gasteiger partial charge is 0.314 e. The summed E-state index contributed by atoms with van der Waals surface area (Å²) in [6.07, 6.45) is 0. The van der Waals surface area contributed by atoms with Gasteiger partial charge in [0.25, 0.3) is 0 Å². The van der Waals surface area contributed by atoms with Gasteiger partial charge in [-0.25, -0.2) is 0 Å². The first-order valence-electron chi connectivity index (χ1n) is 4.41. The minimum Gasteiger partial charge on any atom is -0.466 e. The Morgan fingerprint density at radius 2 is 1.92 bits per heavy atom. The molecule has 0 radical (unpaired) electrons. The lowest BCUT2D eigenvalue weighted by molar-refractivity contribution is -0.167. The fraction of sp³-hybridized carbons (Fsp3) is 0.889. The van der Waals surface area contributed by atoms with Gasteiger partial charge in [0.05, 0.1) is 6.61 Å². The fourth-order valence-electron chi connectivity index (χ4n) is 1.81. The molecule has 0 unspecified atom stereocenters. The quantitative estimate of drug-likeness (QED) is 0.483. The van der Waals surface area contributed by atoms with Gasteiger partial charge in [-0.15, -0.1) is 0 Å². The first-order valence-corrected chi connectivity index (χ1v) is 4.41. The van der Waals surface area contributed by atoms with Gasteiger partial charge >= 0.3 is 5.97 Å². The maximum Gasteiger partial charge on any atom is 0.314 e. The van der Waals surface area contributed by atoms with Gasteiger partial charge in [0.15, 0.2) is 5.79 Å². The van der Waals surface area contributed by atoms with Crippen LogP contribution in [0.1, 0.15) is 13.8 Å². The molecule has 0 spiro atoms. The van der Waals surface area contributed by atoms with E-state index in [1.54, 1.807) is 21.1 Å². The lowest BCUT2D eigenvalue weighted by Gasteiger charge is -2.13. The molecule has 1 saturated carbocycles. The summed E-state index contributed by atoms with van der Waals surface area (Å²) in [7, 11) is 3.08. The van der Waals surface area contributed by atoms with Crippen molar-refractivity contribution in [2.24, 2.45) is 11.8 Å². The lowest BCUT2D eigenvalue weighted by Crippen LogP contribution is -2.23. The van der Waals surface area contributed by atoms with E-state index < -0.39 is 5.79 Å². The van der Waals surface area contributed by atoms with E-state index in [9.17, 15) is 4.79 Å². The average Bonchev–Trinajstić information content (AvgIpc) is 2.72. The van der Waals surface area contributed by atoms with Gasteiger partial charge in [-0.2, -0.15) is 0 Å². The standard InChI is InChI=1S/C9H16O4/c1-5-13-8(10)7-6(2)9(7,11-3)12-4/h6-7H,5H2,1-4H3/t6-,7+/m1/s1. The molecule has 13 heavy (non-hydrogen) atoms. The van der Waals surface area contributed by atoms with Crippen LogP contribution in [-0.4, -0.2) is 32.6 Å². The summed E-state index contributed by atoms with van der Waals surface area (Å²) in [6, 6.07) is 0. The highest BCUT2D eigenvalue weighted by Gasteiger charge is 2.69. The first kappa shape index (κ1) is 10.5. The van der Waals surface area contributed by atoms with Crippen LogP contribution < -0.4 is 0 Å². The van der Waals surface area contributed by atoms with Gasteiger partial charge in [-0.3, -0.25) is 4.79 Å². The number of rotatable bonds is 4. The van der Waals surface area contributed by atoms with Crippen LogP contribution in [-0.2, 0) is 19.0 Å². The monoisotopic (exact) mass is 188 g/mol. The average molecular weight is 188 g/mol. The summed E-state index contributed by atoms with van der Waals surface area (Å²) in [5.41, 5.74) is 0. The second kappa shape index (κ2) is 3.64. The summed E-state index contributed by atoms with van der Waals surface area (Å²) < 4.78 is 15.2. The predicted octanol–water partition coefficient (Wildman–Crippen LogP) is 0.804. The van der Waals surface area contributed by atoms with Crippen LogP contribution in [0.4, 0.5) is 0 Å². The summed E-state index contributed by atoms with van der Waals surface area (Å²) in [5, 5.41) is 0. The molecular weight excluding hydrogens is 172 g/mol. The molecule has 0 saturated heterocycles. The Balaban J connectivity index is 2.60. The van der Waals surface area contributed by atoms with E-state index >= 15 is 0 Å². The molecule has 1 rings (SSSR count). The molecular formula is C9H16O4. The second-order valence-electron chi connectivity index (χ2n) is 3.15. The van der Waals surface area contributed by atoms with Crippen molar-refractivity contribution in [3.63, 3.8) is 0 Å². The fourth-order valence-corrected chi connectivity index (χ4v) is 1.81. The van der Waals surface area contributed by atoms with Crippen molar-refractivity contribution in [3.8, 4) is 0 Å². The molecule has 0 bridgehead atoms. The van der Waals surface area contributed by atoms with Crippen LogP contribution in [0.15, 0.2) is 0 Å². The highest BCUT2D eigenvalue weighted by Crippen LogP contribution is 2.53. The van der Waals surface area contributed by atoms with E-state index in [4.69, 9.17) is 14.2 Å². The van der Waals surface area contributed by atoms with Crippen molar-refractivity contribution in [2.75, 3.05) is 20.8 Å². The van der Waals surface area contributed by atoms with Crippen molar-refractivity contribution in [2.45, 2.75) is 19.6 Å². The van der Waals surface area contributed by atoms with Crippen molar-refractivity contribution < 1.29 is 19.0 Å². The van der Waals surface area contributed by atoms with Crippen molar-refractivity contribution in [3.05, 3.63) is 0 Å². The second-order valence-corrected chi connectivity index (χ2v) is 3.15. The van der Waals surface area contributed by atoms with Crippen LogP contribution >= 0.6 is 0 Å². The number of hydrogen-bond acceptors (Lipinski definition) is 4. The third kappa shape index (κ3) is 1.44. The zero-order valence-corrected chi connectivity index (χ0v) is 8.49. The maximum atomic E-state index is 11.4. The Morgan fingerprint density at radius 1 is 1.38 bits per heavy atom. The number of hydrogen-bond donors (Lipinski definition) is 0. The van der Waals surface area contributed by atoms with E-state index in [-0.39, 0.29) is 17.8 Å². The number of carbonyl (C=O) groups excluding carboxylic acids is 1. The van der Waals surface area contributed by atoms with E-state index in [2.05, 4.69) is 0 Å². The summed E-state index contributed by atoms with van der Waals surface area (Å²) in [6.45, 7) is 4.09. The zero-order chi connectivity index (χ0) is 10.1. The molecule has 76 valence electrons. The molecule has 0 N–H and O–H groups in total. The Bertz CT molecular complexity index is 198. The van der Waals surface area contributed by atoms with E-state index in [1.165, 1.54) is 0 Å². The minimum atomic E-state index is -0.744. The van der Waals surface area contributed by atoms with Gasteiger partial charge < -0.3 is 14.2 Å². The number of ether oxygens (including phenoxy) is 3. The van der Waals surface area contributed by atoms with Gasteiger partial charge in [0.1, 0.15) is 5.92 Å². The van der Waals surface area contributed by atoms with Crippen LogP contribution in [0, 0.1) is 11.8 Å². The normalized spacial score (nSPS) is 29.8. The third-order valence-corrected chi connectivity index (χ3v) is 2.64. The Labute approximate surface area is 78.2 Å². The number of carbonyl (C=O) groups is 1.